The molecule has 0 bridgehead atoms. The summed E-state index contributed by atoms with van der Waals surface area (Å²) >= 11 is 0. The molecule has 5 N–H and O–H groups in total. The van der Waals surface area contributed by atoms with Gasteiger partial charge in [0.25, 0.3) is 0 Å². The average molecular weight is 321 g/mol. The molecule has 0 aliphatic rings. The van der Waals surface area contributed by atoms with Gasteiger partial charge in [0.15, 0.2) is 0 Å². The molecule has 0 saturated carbocycles. The summed E-state index contributed by atoms with van der Waals surface area (Å²) in [5.41, 5.74) is 14.8. The summed E-state index contributed by atoms with van der Waals surface area (Å²) in [4.78, 5) is 23.0. The molecule has 6 heteroatoms. The average Bonchev–Trinajstić information content (AvgIpc) is 3.15. The van der Waals surface area contributed by atoms with Crippen LogP contribution >= 0.6 is 0 Å². The van der Waals surface area contributed by atoms with Crippen molar-refractivity contribution in [1.29, 1.82) is 0 Å². The highest BCUT2D eigenvalue weighted by molar-refractivity contribution is 5.92. The molecule has 3 rings (SSSR count). The van der Waals surface area contributed by atoms with Gasteiger partial charge >= 0.3 is 0 Å². The number of hydrogen-bond acceptors (Lipinski definition) is 4. The SMILES string of the molecule is NC(=O)c1ccc(CCC(N)c2nccc(-c3ccc[nH]3)n2)cc1. The third-order valence-corrected chi connectivity index (χ3v) is 3.86. The van der Waals surface area contributed by atoms with Gasteiger partial charge in [-0.1, -0.05) is 12.1 Å². The molecule has 0 aliphatic heterocycles. The van der Waals surface area contributed by atoms with Crippen molar-refractivity contribution in [2.75, 3.05) is 0 Å². The zero-order valence-electron chi connectivity index (χ0n) is 13.1. The lowest BCUT2D eigenvalue weighted by Crippen LogP contribution is -2.15. The van der Waals surface area contributed by atoms with Gasteiger partial charge in [-0.15, -0.1) is 0 Å². The van der Waals surface area contributed by atoms with E-state index in [2.05, 4.69) is 15.0 Å². The first-order chi connectivity index (χ1) is 11.6. The second-order valence-corrected chi connectivity index (χ2v) is 5.59. The Morgan fingerprint density at radius 1 is 1.17 bits per heavy atom. The fraction of sp³-hybridized carbons (Fsp3) is 0.167. The number of primary amides is 1. The molecule has 0 radical (unpaired) electrons. The molecule has 0 fully saturated rings. The number of nitrogens with two attached hydrogens (primary N) is 2. The Bertz CT molecular complexity index is 812. The number of carbonyl (C=O) groups excluding carboxylic acids is 1. The zero-order chi connectivity index (χ0) is 16.9. The molecule has 2 aromatic heterocycles. The van der Waals surface area contributed by atoms with Crippen molar-refractivity contribution in [2.24, 2.45) is 11.5 Å². The summed E-state index contributed by atoms with van der Waals surface area (Å²) < 4.78 is 0. The van der Waals surface area contributed by atoms with Gasteiger partial charge in [0, 0.05) is 18.0 Å². The highest BCUT2D eigenvalue weighted by atomic mass is 16.1. The van der Waals surface area contributed by atoms with Crippen LogP contribution in [0.25, 0.3) is 11.4 Å². The molecule has 6 nitrogen and oxygen atoms in total. The van der Waals surface area contributed by atoms with Gasteiger partial charge in [0.2, 0.25) is 5.91 Å². The number of hydrogen-bond donors (Lipinski definition) is 3. The molecule has 1 atom stereocenters. The van der Waals surface area contributed by atoms with Crippen LogP contribution < -0.4 is 11.5 Å². The van der Waals surface area contributed by atoms with Crippen LogP contribution in [0.4, 0.5) is 0 Å². The lowest BCUT2D eigenvalue weighted by atomic mass is 10.0. The summed E-state index contributed by atoms with van der Waals surface area (Å²) in [7, 11) is 0. The van der Waals surface area contributed by atoms with E-state index < -0.39 is 5.91 Å². The quantitative estimate of drug-likeness (QED) is 0.646. The Kier molecular flexibility index (Phi) is 4.67. The first-order valence-corrected chi connectivity index (χ1v) is 7.74. The number of aryl methyl sites for hydroxylation is 1. The van der Waals surface area contributed by atoms with Crippen molar-refractivity contribution < 1.29 is 4.79 Å². The van der Waals surface area contributed by atoms with Crippen molar-refractivity contribution in [1.82, 2.24) is 15.0 Å². The maximum Gasteiger partial charge on any atom is 0.248 e. The summed E-state index contributed by atoms with van der Waals surface area (Å²) in [6.45, 7) is 0. The van der Waals surface area contributed by atoms with E-state index in [-0.39, 0.29) is 6.04 Å². The number of amides is 1. The first-order valence-electron chi connectivity index (χ1n) is 7.74. The van der Waals surface area contributed by atoms with Gasteiger partial charge in [-0.25, -0.2) is 9.97 Å². The van der Waals surface area contributed by atoms with Crippen molar-refractivity contribution in [3.05, 3.63) is 71.8 Å². The van der Waals surface area contributed by atoms with Crippen LogP contribution in [0.15, 0.2) is 54.9 Å². The standard InChI is InChI=1S/C18H19N5O/c19-14(8-5-12-3-6-13(7-4-12)17(20)24)18-22-11-9-16(23-18)15-2-1-10-21-15/h1-4,6-7,9-11,14,21H,5,8,19H2,(H2,20,24). The number of benzene rings is 1. The predicted molar refractivity (Wildman–Crippen MR) is 92.0 cm³/mol. The molecular formula is C18H19N5O. The van der Waals surface area contributed by atoms with Crippen molar-refractivity contribution in [3.8, 4) is 11.4 Å². The number of rotatable bonds is 6. The van der Waals surface area contributed by atoms with Crippen LogP contribution in [0.5, 0.6) is 0 Å². The van der Waals surface area contributed by atoms with Crippen molar-refractivity contribution >= 4 is 5.91 Å². The van der Waals surface area contributed by atoms with Gasteiger partial charge in [-0.2, -0.15) is 0 Å². The first kappa shape index (κ1) is 15.9. The molecule has 1 amide bonds. The van der Waals surface area contributed by atoms with Gasteiger partial charge in [0.05, 0.1) is 17.4 Å². The minimum atomic E-state index is -0.423. The maximum atomic E-state index is 11.1. The van der Waals surface area contributed by atoms with E-state index in [1.807, 2.05) is 36.5 Å². The van der Waals surface area contributed by atoms with E-state index >= 15 is 0 Å². The monoisotopic (exact) mass is 321 g/mol. The molecule has 1 unspecified atom stereocenters. The number of nitrogens with zero attached hydrogens (tertiary/aromatic N) is 2. The van der Waals surface area contributed by atoms with Crippen LogP contribution in [-0.2, 0) is 6.42 Å². The van der Waals surface area contributed by atoms with Crippen molar-refractivity contribution in [3.63, 3.8) is 0 Å². The molecule has 3 aromatic rings. The van der Waals surface area contributed by atoms with E-state index in [0.29, 0.717) is 17.8 Å². The number of carbonyl (C=O) groups is 1. The smallest absolute Gasteiger partial charge is 0.248 e. The Hall–Kier alpha value is -2.99. The van der Waals surface area contributed by atoms with Crippen LogP contribution in [0.3, 0.4) is 0 Å². The fourth-order valence-corrected chi connectivity index (χ4v) is 2.48. The van der Waals surface area contributed by atoms with E-state index in [1.54, 1.807) is 18.3 Å². The Labute approximate surface area is 139 Å². The number of H-pyrrole nitrogens is 1. The molecule has 2 heterocycles. The molecule has 0 aliphatic carbocycles. The van der Waals surface area contributed by atoms with Gasteiger partial charge < -0.3 is 16.5 Å². The third kappa shape index (κ3) is 3.67. The van der Waals surface area contributed by atoms with Crippen molar-refractivity contribution in [2.45, 2.75) is 18.9 Å². The number of nitrogens with one attached hydrogen (secondary N) is 1. The van der Waals surface area contributed by atoms with E-state index in [4.69, 9.17) is 11.5 Å². The molecule has 1 aromatic carbocycles. The van der Waals surface area contributed by atoms with Crippen LogP contribution in [-0.4, -0.2) is 20.9 Å². The summed E-state index contributed by atoms with van der Waals surface area (Å²) in [6.07, 6.45) is 5.06. The van der Waals surface area contributed by atoms with E-state index in [1.165, 1.54) is 0 Å². The molecule has 0 saturated heterocycles. The number of aromatic amines is 1. The van der Waals surface area contributed by atoms with Gasteiger partial charge in [-0.05, 0) is 48.7 Å². The molecule has 0 spiro atoms. The van der Waals surface area contributed by atoms with Crippen LogP contribution in [0, 0.1) is 0 Å². The topological polar surface area (TPSA) is 111 Å². The second-order valence-electron chi connectivity index (χ2n) is 5.59. The zero-order valence-corrected chi connectivity index (χ0v) is 13.1. The lowest BCUT2D eigenvalue weighted by Gasteiger charge is -2.11. The van der Waals surface area contributed by atoms with Crippen LogP contribution in [0.2, 0.25) is 0 Å². The van der Waals surface area contributed by atoms with Gasteiger partial charge in [-0.3, -0.25) is 4.79 Å². The predicted octanol–water partition coefficient (Wildman–Crippen LogP) is 2.20. The summed E-state index contributed by atoms with van der Waals surface area (Å²) in [5.74, 6) is 0.198. The number of aromatic nitrogens is 3. The Morgan fingerprint density at radius 3 is 2.62 bits per heavy atom. The highest BCUT2D eigenvalue weighted by Gasteiger charge is 2.11. The summed E-state index contributed by atoms with van der Waals surface area (Å²) in [6, 6.07) is 12.7. The third-order valence-electron chi connectivity index (χ3n) is 3.86. The largest absolute Gasteiger partial charge is 0.366 e. The maximum absolute atomic E-state index is 11.1. The molecule has 24 heavy (non-hydrogen) atoms. The summed E-state index contributed by atoms with van der Waals surface area (Å²) in [5, 5.41) is 0. The molecule has 122 valence electrons. The van der Waals surface area contributed by atoms with E-state index in [0.717, 1.165) is 23.4 Å². The van der Waals surface area contributed by atoms with Crippen LogP contribution in [0.1, 0.15) is 34.2 Å². The minimum absolute atomic E-state index is 0.254. The Morgan fingerprint density at radius 2 is 1.96 bits per heavy atom. The molecular weight excluding hydrogens is 302 g/mol. The Balaban J connectivity index is 1.65. The minimum Gasteiger partial charge on any atom is -0.366 e. The van der Waals surface area contributed by atoms with Gasteiger partial charge in [0.1, 0.15) is 5.82 Å². The highest BCUT2D eigenvalue weighted by Crippen LogP contribution is 2.18. The second kappa shape index (κ2) is 7.06. The fourth-order valence-electron chi connectivity index (χ4n) is 2.48. The normalized spacial score (nSPS) is 12.0. The lowest BCUT2D eigenvalue weighted by molar-refractivity contribution is 0.100. The van der Waals surface area contributed by atoms with E-state index in [9.17, 15) is 4.79 Å².